The van der Waals surface area contributed by atoms with Crippen LogP contribution in [0, 0.1) is 6.92 Å². The lowest BCUT2D eigenvalue weighted by atomic mass is 10.2. The molecule has 0 saturated carbocycles. The Labute approximate surface area is 119 Å². The Balaban J connectivity index is 3.18. The predicted molar refractivity (Wildman–Crippen MR) is 76.7 cm³/mol. The maximum atomic E-state index is 12.6. The van der Waals surface area contributed by atoms with Crippen molar-refractivity contribution in [2.75, 3.05) is 25.9 Å². The zero-order chi connectivity index (χ0) is 15.3. The second-order valence-electron chi connectivity index (χ2n) is 4.44. The van der Waals surface area contributed by atoms with Crippen LogP contribution in [0.4, 0.5) is 5.69 Å². The van der Waals surface area contributed by atoms with Crippen LogP contribution in [0.5, 0.6) is 0 Å². The number of hydrogen-bond donors (Lipinski definition) is 1. The number of sulfonamides is 1. The van der Waals surface area contributed by atoms with Crippen molar-refractivity contribution < 1.29 is 17.9 Å². The molecule has 1 rings (SSSR count). The Morgan fingerprint density at radius 3 is 2.55 bits per heavy atom. The molecular weight excluding hydrogens is 280 g/mol. The highest BCUT2D eigenvalue weighted by atomic mass is 32.2. The number of carbonyl (C=O) groups is 1. The molecule has 0 fully saturated rings. The SMILES string of the molecule is CCCN(CC(=O)OC)S(=O)(=O)c1ccc(N)cc1C. The first-order chi connectivity index (χ1) is 9.32. The van der Waals surface area contributed by atoms with Gasteiger partial charge in [0.15, 0.2) is 0 Å². The smallest absolute Gasteiger partial charge is 0.321 e. The van der Waals surface area contributed by atoms with Crippen molar-refractivity contribution in [1.82, 2.24) is 4.31 Å². The Bertz CT molecular complexity index is 584. The van der Waals surface area contributed by atoms with E-state index >= 15 is 0 Å². The molecule has 0 aromatic heterocycles. The largest absolute Gasteiger partial charge is 0.468 e. The first-order valence-electron chi connectivity index (χ1n) is 6.26. The minimum absolute atomic E-state index is 0.157. The highest BCUT2D eigenvalue weighted by Gasteiger charge is 2.27. The fourth-order valence-electron chi connectivity index (χ4n) is 1.84. The van der Waals surface area contributed by atoms with Crippen molar-refractivity contribution in [1.29, 1.82) is 0 Å². The number of aryl methyl sites for hydroxylation is 1. The maximum absolute atomic E-state index is 12.6. The van der Waals surface area contributed by atoms with Crippen LogP contribution in [0.25, 0.3) is 0 Å². The monoisotopic (exact) mass is 300 g/mol. The molecule has 0 radical (unpaired) electrons. The lowest BCUT2D eigenvalue weighted by Crippen LogP contribution is -2.37. The van der Waals surface area contributed by atoms with E-state index in [1.165, 1.54) is 19.2 Å². The van der Waals surface area contributed by atoms with Crippen molar-refractivity contribution in [2.45, 2.75) is 25.2 Å². The number of carbonyl (C=O) groups excluding carboxylic acids is 1. The van der Waals surface area contributed by atoms with E-state index in [9.17, 15) is 13.2 Å². The molecule has 0 spiro atoms. The van der Waals surface area contributed by atoms with Gasteiger partial charge in [-0.2, -0.15) is 4.31 Å². The molecular formula is C13H20N2O4S. The van der Waals surface area contributed by atoms with Gasteiger partial charge in [-0.15, -0.1) is 0 Å². The van der Waals surface area contributed by atoms with E-state index in [-0.39, 0.29) is 18.0 Å². The molecule has 0 amide bonds. The first-order valence-corrected chi connectivity index (χ1v) is 7.70. The predicted octanol–water partition coefficient (Wildman–Crippen LogP) is 1.15. The van der Waals surface area contributed by atoms with Gasteiger partial charge in [-0.05, 0) is 37.1 Å². The molecule has 0 aliphatic rings. The van der Waals surface area contributed by atoms with Crippen LogP contribution in [0.1, 0.15) is 18.9 Å². The summed E-state index contributed by atoms with van der Waals surface area (Å²) in [6.45, 7) is 3.47. The van der Waals surface area contributed by atoms with Gasteiger partial charge in [-0.1, -0.05) is 6.92 Å². The molecule has 0 unspecified atom stereocenters. The Hall–Kier alpha value is -1.60. The summed E-state index contributed by atoms with van der Waals surface area (Å²) in [6, 6.07) is 4.58. The first kappa shape index (κ1) is 16.5. The van der Waals surface area contributed by atoms with E-state index in [4.69, 9.17) is 5.73 Å². The zero-order valence-electron chi connectivity index (χ0n) is 11.9. The van der Waals surface area contributed by atoms with Crippen molar-refractivity contribution in [3.8, 4) is 0 Å². The van der Waals surface area contributed by atoms with Gasteiger partial charge in [0, 0.05) is 12.2 Å². The number of nitrogen functional groups attached to an aromatic ring is 1. The average Bonchev–Trinajstić information content (AvgIpc) is 2.37. The minimum Gasteiger partial charge on any atom is -0.468 e. The van der Waals surface area contributed by atoms with Gasteiger partial charge in [0.2, 0.25) is 10.0 Å². The van der Waals surface area contributed by atoms with Gasteiger partial charge in [-0.3, -0.25) is 4.79 Å². The molecule has 0 aliphatic heterocycles. The van der Waals surface area contributed by atoms with Crippen LogP contribution in [0.3, 0.4) is 0 Å². The van der Waals surface area contributed by atoms with E-state index in [0.29, 0.717) is 17.7 Å². The third kappa shape index (κ3) is 3.71. The number of nitrogens with zero attached hydrogens (tertiary/aromatic N) is 1. The Morgan fingerprint density at radius 1 is 1.40 bits per heavy atom. The molecule has 1 aromatic rings. The fraction of sp³-hybridized carbons (Fsp3) is 0.462. The fourth-order valence-corrected chi connectivity index (χ4v) is 3.53. The van der Waals surface area contributed by atoms with Crippen LogP contribution < -0.4 is 5.73 Å². The number of methoxy groups -OCH3 is 1. The summed E-state index contributed by atoms with van der Waals surface area (Å²) < 4.78 is 30.8. The molecule has 20 heavy (non-hydrogen) atoms. The molecule has 0 bridgehead atoms. The average molecular weight is 300 g/mol. The van der Waals surface area contributed by atoms with Gasteiger partial charge in [-0.25, -0.2) is 8.42 Å². The maximum Gasteiger partial charge on any atom is 0.321 e. The molecule has 6 nitrogen and oxygen atoms in total. The number of nitrogens with two attached hydrogens (primary N) is 1. The molecule has 7 heteroatoms. The van der Waals surface area contributed by atoms with Gasteiger partial charge >= 0.3 is 5.97 Å². The highest BCUT2D eigenvalue weighted by Crippen LogP contribution is 2.22. The number of anilines is 1. The van der Waals surface area contributed by atoms with Gasteiger partial charge in [0.25, 0.3) is 0 Å². The molecule has 0 heterocycles. The zero-order valence-corrected chi connectivity index (χ0v) is 12.7. The van der Waals surface area contributed by atoms with Gasteiger partial charge < -0.3 is 10.5 Å². The Kier molecular flexibility index (Phi) is 5.52. The summed E-state index contributed by atoms with van der Waals surface area (Å²) in [6.07, 6.45) is 0.601. The van der Waals surface area contributed by atoms with Crippen LogP contribution in [0.2, 0.25) is 0 Å². The molecule has 0 aliphatic carbocycles. The topological polar surface area (TPSA) is 89.7 Å². The number of hydrogen-bond acceptors (Lipinski definition) is 5. The summed E-state index contributed by atoms with van der Waals surface area (Å²) in [5.41, 5.74) is 6.67. The van der Waals surface area contributed by atoms with Gasteiger partial charge in [0.05, 0.1) is 12.0 Å². The van der Waals surface area contributed by atoms with Crippen LogP contribution in [-0.4, -0.2) is 38.9 Å². The normalized spacial score (nSPS) is 11.6. The van der Waals surface area contributed by atoms with Gasteiger partial charge in [0.1, 0.15) is 6.54 Å². The van der Waals surface area contributed by atoms with E-state index in [0.717, 1.165) is 4.31 Å². The quantitative estimate of drug-likeness (QED) is 0.629. The van der Waals surface area contributed by atoms with Crippen molar-refractivity contribution in [3.05, 3.63) is 23.8 Å². The van der Waals surface area contributed by atoms with Crippen LogP contribution in [-0.2, 0) is 19.6 Å². The summed E-state index contributed by atoms with van der Waals surface area (Å²) in [4.78, 5) is 11.5. The third-order valence-corrected chi connectivity index (χ3v) is 4.83. The van der Waals surface area contributed by atoms with Crippen molar-refractivity contribution in [2.24, 2.45) is 0 Å². The standard InChI is InChI=1S/C13H20N2O4S/c1-4-7-15(9-13(16)19-3)20(17,18)12-6-5-11(14)8-10(12)2/h5-6,8H,4,7,9,14H2,1-3H3. The van der Waals surface area contributed by atoms with E-state index < -0.39 is 16.0 Å². The lowest BCUT2D eigenvalue weighted by molar-refractivity contribution is -0.140. The van der Waals surface area contributed by atoms with Crippen LogP contribution in [0.15, 0.2) is 23.1 Å². The molecule has 1 aromatic carbocycles. The summed E-state index contributed by atoms with van der Waals surface area (Å²) in [5, 5.41) is 0. The second-order valence-corrected chi connectivity index (χ2v) is 6.35. The molecule has 2 N–H and O–H groups in total. The van der Waals surface area contributed by atoms with E-state index in [2.05, 4.69) is 4.74 Å². The number of ether oxygens (including phenoxy) is 1. The minimum atomic E-state index is -3.74. The number of esters is 1. The second kappa shape index (κ2) is 6.71. The van der Waals surface area contributed by atoms with E-state index in [1.54, 1.807) is 13.0 Å². The number of rotatable bonds is 6. The molecule has 112 valence electrons. The van der Waals surface area contributed by atoms with Crippen molar-refractivity contribution >= 4 is 21.7 Å². The summed E-state index contributed by atoms with van der Waals surface area (Å²) in [7, 11) is -2.51. The number of benzene rings is 1. The Morgan fingerprint density at radius 2 is 2.05 bits per heavy atom. The van der Waals surface area contributed by atoms with E-state index in [1.807, 2.05) is 6.92 Å². The highest BCUT2D eigenvalue weighted by molar-refractivity contribution is 7.89. The third-order valence-electron chi connectivity index (χ3n) is 2.82. The van der Waals surface area contributed by atoms with Crippen LogP contribution >= 0.6 is 0 Å². The summed E-state index contributed by atoms with van der Waals surface area (Å²) in [5.74, 6) is -0.588. The lowest BCUT2D eigenvalue weighted by Gasteiger charge is -2.21. The van der Waals surface area contributed by atoms with Crippen molar-refractivity contribution in [3.63, 3.8) is 0 Å². The summed E-state index contributed by atoms with van der Waals surface area (Å²) >= 11 is 0. The molecule has 0 saturated heterocycles. The molecule has 0 atom stereocenters.